The van der Waals surface area contributed by atoms with Gasteiger partial charge in [-0.15, -0.1) is 0 Å². The molecule has 0 bridgehead atoms. The topological polar surface area (TPSA) is 89.8 Å². The molecule has 0 aliphatic heterocycles. The summed E-state index contributed by atoms with van der Waals surface area (Å²) in [5, 5.41) is 4.43. The molecule has 1 aromatic carbocycles. The fraction of sp³-hybridized carbons (Fsp3) is 0.167. The summed E-state index contributed by atoms with van der Waals surface area (Å²) in [5.41, 5.74) is 9.44. The maximum absolute atomic E-state index is 11.1. The highest BCUT2D eigenvalue weighted by molar-refractivity contribution is 9.10. The van der Waals surface area contributed by atoms with E-state index in [4.69, 9.17) is 10.2 Å². The molecule has 0 unspecified atom stereocenters. The summed E-state index contributed by atoms with van der Waals surface area (Å²) in [6.07, 6.45) is 0. The number of hydrogen-bond acceptors (Lipinski definition) is 4. The SMILES string of the molecule is Cn1nc(-c2ccc3oc(=O)[nH]c3c2)c(Br)c1CN. The quantitative estimate of drug-likeness (QED) is 0.752. The highest BCUT2D eigenvalue weighted by Crippen LogP contribution is 2.31. The predicted octanol–water partition coefficient (Wildman–Crippen LogP) is 1.74. The lowest BCUT2D eigenvalue weighted by Gasteiger charge is -1.98. The zero-order chi connectivity index (χ0) is 13.6. The summed E-state index contributed by atoms with van der Waals surface area (Å²) in [7, 11) is 1.84. The highest BCUT2D eigenvalue weighted by atomic mass is 79.9. The van der Waals surface area contributed by atoms with Crippen LogP contribution in [0.25, 0.3) is 22.4 Å². The van der Waals surface area contributed by atoms with E-state index in [1.54, 1.807) is 10.7 Å². The fourth-order valence-corrected chi connectivity index (χ4v) is 2.77. The van der Waals surface area contributed by atoms with E-state index in [0.29, 0.717) is 17.6 Å². The first-order chi connectivity index (χ1) is 9.10. The van der Waals surface area contributed by atoms with Crippen molar-refractivity contribution in [2.75, 3.05) is 0 Å². The summed E-state index contributed by atoms with van der Waals surface area (Å²) >= 11 is 3.51. The Morgan fingerprint density at radius 2 is 2.32 bits per heavy atom. The number of hydrogen-bond donors (Lipinski definition) is 2. The van der Waals surface area contributed by atoms with Crippen molar-refractivity contribution in [1.82, 2.24) is 14.8 Å². The minimum atomic E-state index is -0.463. The Morgan fingerprint density at radius 3 is 3.00 bits per heavy atom. The average Bonchev–Trinajstić information content (AvgIpc) is 2.87. The molecule has 0 spiro atoms. The normalized spacial score (nSPS) is 11.3. The summed E-state index contributed by atoms with van der Waals surface area (Å²) in [4.78, 5) is 13.8. The fourth-order valence-electron chi connectivity index (χ4n) is 2.04. The number of nitrogens with one attached hydrogen (secondary N) is 1. The van der Waals surface area contributed by atoms with Crippen LogP contribution in [0.15, 0.2) is 31.9 Å². The number of aromatic nitrogens is 3. The van der Waals surface area contributed by atoms with Crippen LogP contribution in [0.3, 0.4) is 0 Å². The predicted molar refractivity (Wildman–Crippen MR) is 74.6 cm³/mol. The van der Waals surface area contributed by atoms with E-state index >= 15 is 0 Å². The first-order valence-electron chi connectivity index (χ1n) is 5.65. The van der Waals surface area contributed by atoms with Crippen LogP contribution in [0.2, 0.25) is 0 Å². The minimum absolute atomic E-state index is 0.398. The average molecular weight is 323 g/mol. The van der Waals surface area contributed by atoms with Crippen LogP contribution in [0.1, 0.15) is 5.69 Å². The van der Waals surface area contributed by atoms with E-state index in [0.717, 1.165) is 21.4 Å². The van der Waals surface area contributed by atoms with Crippen LogP contribution >= 0.6 is 15.9 Å². The van der Waals surface area contributed by atoms with Gasteiger partial charge in [0, 0.05) is 19.2 Å². The van der Waals surface area contributed by atoms with Crippen molar-refractivity contribution in [3.63, 3.8) is 0 Å². The first-order valence-corrected chi connectivity index (χ1v) is 6.44. The van der Waals surface area contributed by atoms with Crippen molar-refractivity contribution in [3.05, 3.63) is 38.9 Å². The second-order valence-corrected chi connectivity index (χ2v) is 4.96. The number of H-pyrrole nitrogens is 1. The van der Waals surface area contributed by atoms with Gasteiger partial charge in [-0.1, -0.05) is 0 Å². The lowest BCUT2D eigenvalue weighted by atomic mass is 10.1. The van der Waals surface area contributed by atoms with E-state index in [9.17, 15) is 4.79 Å². The van der Waals surface area contributed by atoms with Gasteiger partial charge in [-0.05, 0) is 34.1 Å². The molecule has 0 atom stereocenters. The molecule has 0 fully saturated rings. The van der Waals surface area contributed by atoms with Crippen molar-refractivity contribution >= 4 is 27.0 Å². The molecule has 3 aromatic rings. The van der Waals surface area contributed by atoms with Crippen LogP contribution in [0.4, 0.5) is 0 Å². The maximum Gasteiger partial charge on any atom is 0.417 e. The lowest BCUT2D eigenvalue weighted by molar-refractivity contribution is 0.555. The van der Waals surface area contributed by atoms with E-state index < -0.39 is 5.76 Å². The van der Waals surface area contributed by atoms with Gasteiger partial charge in [0.15, 0.2) is 5.58 Å². The largest absolute Gasteiger partial charge is 0.417 e. The van der Waals surface area contributed by atoms with Gasteiger partial charge in [-0.25, -0.2) is 4.79 Å². The third-order valence-corrected chi connectivity index (χ3v) is 3.82. The van der Waals surface area contributed by atoms with Crippen LogP contribution in [-0.4, -0.2) is 14.8 Å². The Bertz CT molecular complexity index is 815. The number of rotatable bonds is 2. The van der Waals surface area contributed by atoms with Crippen LogP contribution < -0.4 is 11.5 Å². The molecular weight excluding hydrogens is 312 g/mol. The van der Waals surface area contributed by atoms with Gasteiger partial charge >= 0.3 is 5.76 Å². The Labute approximate surface area is 116 Å². The van der Waals surface area contributed by atoms with Gasteiger partial charge in [0.1, 0.15) is 5.69 Å². The Morgan fingerprint density at radius 1 is 1.53 bits per heavy atom. The number of aromatic amines is 1. The Balaban J connectivity index is 2.21. The monoisotopic (exact) mass is 322 g/mol. The summed E-state index contributed by atoms with van der Waals surface area (Å²) < 4.78 is 7.57. The molecule has 19 heavy (non-hydrogen) atoms. The van der Waals surface area contributed by atoms with Crippen molar-refractivity contribution < 1.29 is 4.42 Å². The van der Waals surface area contributed by atoms with Gasteiger partial charge < -0.3 is 10.2 Å². The highest BCUT2D eigenvalue weighted by Gasteiger charge is 2.15. The number of fused-ring (bicyclic) bond motifs is 1. The van der Waals surface area contributed by atoms with Crippen molar-refractivity contribution in [2.24, 2.45) is 12.8 Å². The Hall–Kier alpha value is -1.86. The van der Waals surface area contributed by atoms with Crippen molar-refractivity contribution in [2.45, 2.75) is 6.54 Å². The molecule has 0 saturated carbocycles. The van der Waals surface area contributed by atoms with Crippen LogP contribution in [0.5, 0.6) is 0 Å². The number of benzene rings is 1. The van der Waals surface area contributed by atoms with Crippen molar-refractivity contribution in [3.8, 4) is 11.3 Å². The Kier molecular flexibility index (Phi) is 2.79. The molecule has 0 saturated heterocycles. The van der Waals surface area contributed by atoms with Gasteiger partial charge in [0.05, 0.1) is 15.7 Å². The zero-order valence-electron chi connectivity index (χ0n) is 10.1. The second kappa shape index (κ2) is 4.36. The summed E-state index contributed by atoms with van der Waals surface area (Å²) in [6.45, 7) is 0.398. The second-order valence-electron chi connectivity index (χ2n) is 4.16. The number of nitrogens with zero attached hydrogens (tertiary/aromatic N) is 2. The molecule has 0 radical (unpaired) electrons. The van der Waals surface area contributed by atoms with Gasteiger partial charge in [0.2, 0.25) is 0 Å². The van der Waals surface area contributed by atoms with E-state index in [-0.39, 0.29) is 0 Å². The molecule has 2 heterocycles. The van der Waals surface area contributed by atoms with E-state index in [1.807, 2.05) is 19.2 Å². The molecule has 3 N–H and O–H groups in total. The van der Waals surface area contributed by atoms with Gasteiger partial charge in [-0.3, -0.25) is 9.67 Å². The molecule has 0 amide bonds. The standard InChI is InChI=1S/C12H11BrN4O2/c1-17-8(5-14)10(13)11(16-17)6-2-3-9-7(4-6)15-12(18)19-9/h2-4H,5,14H2,1H3,(H,15,18). The van der Waals surface area contributed by atoms with Crippen LogP contribution in [0, 0.1) is 0 Å². The smallest absolute Gasteiger partial charge is 0.408 e. The van der Waals surface area contributed by atoms with E-state index in [1.165, 1.54) is 0 Å². The minimum Gasteiger partial charge on any atom is -0.408 e. The van der Waals surface area contributed by atoms with Gasteiger partial charge in [-0.2, -0.15) is 5.10 Å². The zero-order valence-corrected chi connectivity index (χ0v) is 11.7. The maximum atomic E-state index is 11.1. The molecule has 0 aliphatic rings. The summed E-state index contributed by atoms with van der Waals surface area (Å²) in [6, 6.07) is 5.42. The third-order valence-electron chi connectivity index (χ3n) is 2.99. The molecule has 6 nitrogen and oxygen atoms in total. The van der Waals surface area contributed by atoms with Gasteiger partial charge in [0.25, 0.3) is 0 Å². The van der Waals surface area contributed by atoms with E-state index in [2.05, 4.69) is 26.0 Å². The third kappa shape index (κ3) is 1.91. The molecule has 3 rings (SSSR count). The van der Waals surface area contributed by atoms with Crippen LogP contribution in [-0.2, 0) is 13.6 Å². The number of aryl methyl sites for hydroxylation is 1. The molecule has 2 aromatic heterocycles. The number of oxazole rings is 1. The molecule has 98 valence electrons. The molecule has 0 aliphatic carbocycles. The first kappa shape index (κ1) is 12.2. The number of nitrogens with two attached hydrogens (primary N) is 1. The summed E-state index contributed by atoms with van der Waals surface area (Å²) in [5.74, 6) is -0.463. The molecule has 7 heteroatoms. The lowest BCUT2D eigenvalue weighted by Crippen LogP contribution is -2.04. The molecular formula is C12H11BrN4O2. The number of halogens is 1. The van der Waals surface area contributed by atoms with Crippen molar-refractivity contribution in [1.29, 1.82) is 0 Å².